The van der Waals surface area contributed by atoms with Crippen molar-refractivity contribution in [2.75, 3.05) is 5.32 Å². The lowest BCUT2D eigenvalue weighted by molar-refractivity contribution is 0.475. The highest BCUT2D eigenvalue weighted by Crippen LogP contribution is 2.22. The van der Waals surface area contributed by atoms with Crippen LogP contribution in [0.15, 0.2) is 48.5 Å². The van der Waals surface area contributed by atoms with E-state index in [2.05, 4.69) is 12.2 Å². The smallest absolute Gasteiger partial charge is 0.115 e. The lowest BCUT2D eigenvalue weighted by atomic mass is 10.1. The van der Waals surface area contributed by atoms with Gasteiger partial charge in [0.2, 0.25) is 0 Å². The molecule has 1 atom stereocenters. The van der Waals surface area contributed by atoms with Crippen LogP contribution in [0.1, 0.15) is 12.5 Å². The Balaban J connectivity index is 1.99. The molecule has 0 aliphatic heterocycles. The van der Waals surface area contributed by atoms with Crippen LogP contribution in [0.5, 0.6) is 5.75 Å². The fraction of sp³-hybridized carbons (Fsp3) is 0.200. The summed E-state index contributed by atoms with van der Waals surface area (Å²) in [5.41, 5.74) is 2.13. The zero-order valence-electron chi connectivity index (χ0n) is 10.2. The van der Waals surface area contributed by atoms with Gasteiger partial charge in [0.1, 0.15) is 5.75 Å². The maximum Gasteiger partial charge on any atom is 0.115 e. The van der Waals surface area contributed by atoms with Crippen molar-refractivity contribution in [3.05, 3.63) is 59.1 Å². The first kappa shape index (κ1) is 12.8. The Morgan fingerprint density at radius 2 is 1.78 bits per heavy atom. The quantitative estimate of drug-likeness (QED) is 0.869. The second-order valence-electron chi connectivity index (χ2n) is 4.40. The number of para-hydroxylation sites is 1. The molecule has 0 heterocycles. The van der Waals surface area contributed by atoms with E-state index in [0.29, 0.717) is 5.75 Å². The number of aromatic hydroxyl groups is 1. The number of phenolic OH excluding ortho intramolecular Hbond substituents is 1. The SMILES string of the molecule is CC(Cc1ccc(O)cc1)Nc1ccccc1Cl. The van der Waals surface area contributed by atoms with Crippen molar-refractivity contribution in [1.82, 2.24) is 0 Å². The summed E-state index contributed by atoms with van der Waals surface area (Å²) >= 11 is 6.10. The van der Waals surface area contributed by atoms with Gasteiger partial charge in [-0.3, -0.25) is 0 Å². The summed E-state index contributed by atoms with van der Waals surface area (Å²) in [5, 5.41) is 13.3. The van der Waals surface area contributed by atoms with Crippen LogP contribution < -0.4 is 5.32 Å². The van der Waals surface area contributed by atoms with Gasteiger partial charge in [-0.05, 0) is 43.2 Å². The fourth-order valence-corrected chi connectivity index (χ4v) is 2.07. The molecule has 0 aliphatic rings. The highest BCUT2D eigenvalue weighted by atomic mass is 35.5. The van der Waals surface area contributed by atoms with Crippen molar-refractivity contribution in [2.24, 2.45) is 0 Å². The van der Waals surface area contributed by atoms with E-state index < -0.39 is 0 Å². The molecule has 0 aliphatic carbocycles. The Bertz CT molecular complexity index is 510. The number of benzene rings is 2. The van der Waals surface area contributed by atoms with E-state index in [0.717, 1.165) is 17.1 Å². The van der Waals surface area contributed by atoms with Crippen LogP contribution in [0.2, 0.25) is 5.02 Å². The molecule has 2 aromatic carbocycles. The molecule has 2 N–H and O–H groups in total. The molecule has 0 spiro atoms. The van der Waals surface area contributed by atoms with Gasteiger partial charge in [0, 0.05) is 6.04 Å². The fourth-order valence-electron chi connectivity index (χ4n) is 1.88. The van der Waals surface area contributed by atoms with E-state index in [1.165, 1.54) is 5.56 Å². The monoisotopic (exact) mass is 261 g/mol. The van der Waals surface area contributed by atoms with Gasteiger partial charge in [0.25, 0.3) is 0 Å². The van der Waals surface area contributed by atoms with Crippen molar-refractivity contribution in [3.8, 4) is 5.75 Å². The molecule has 1 unspecified atom stereocenters. The van der Waals surface area contributed by atoms with Crippen LogP contribution in [0, 0.1) is 0 Å². The van der Waals surface area contributed by atoms with Gasteiger partial charge in [-0.2, -0.15) is 0 Å². The number of hydrogen-bond acceptors (Lipinski definition) is 2. The number of rotatable bonds is 4. The zero-order chi connectivity index (χ0) is 13.0. The van der Waals surface area contributed by atoms with Crippen molar-refractivity contribution >= 4 is 17.3 Å². The third kappa shape index (κ3) is 3.41. The highest BCUT2D eigenvalue weighted by molar-refractivity contribution is 6.33. The van der Waals surface area contributed by atoms with Crippen LogP contribution in [0.25, 0.3) is 0 Å². The first-order valence-corrected chi connectivity index (χ1v) is 6.32. The topological polar surface area (TPSA) is 32.3 Å². The Hall–Kier alpha value is -1.67. The minimum absolute atomic E-state index is 0.273. The molecule has 0 amide bonds. The summed E-state index contributed by atoms with van der Waals surface area (Å²) in [7, 11) is 0. The first-order valence-electron chi connectivity index (χ1n) is 5.94. The highest BCUT2D eigenvalue weighted by Gasteiger charge is 2.05. The molecule has 2 aromatic rings. The van der Waals surface area contributed by atoms with Crippen LogP contribution >= 0.6 is 11.6 Å². The van der Waals surface area contributed by atoms with Gasteiger partial charge in [-0.1, -0.05) is 35.9 Å². The van der Waals surface area contributed by atoms with E-state index in [1.54, 1.807) is 12.1 Å². The standard InChI is InChI=1S/C15H16ClNO/c1-11(10-12-6-8-13(18)9-7-12)17-15-5-3-2-4-14(15)16/h2-9,11,17-18H,10H2,1H3. The van der Waals surface area contributed by atoms with E-state index in [1.807, 2.05) is 36.4 Å². The zero-order valence-corrected chi connectivity index (χ0v) is 11.0. The average Bonchev–Trinajstić information content (AvgIpc) is 2.35. The molecule has 0 fully saturated rings. The van der Waals surface area contributed by atoms with Crippen molar-refractivity contribution in [3.63, 3.8) is 0 Å². The number of hydrogen-bond donors (Lipinski definition) is 2. The normalized spacial score (nSPS) is 12.1. The molecule has 94 valence electrons. The van der Waals surface area contributed by atoms with E-state index in [9.17, 15) is 5.11 Å². The molecular formula is C15H16ClNO. The Labute approximate surface area is 112 Å². The molecule has 0 saturated heterocycles. The minimum Gasteiger partial charge on any atom is -0.508 e. The average molecular weight is 262 g/mol. The molecule has 0 bridgehead atoms. The molecule has 18 heavy (non-hydrogen) atoms. The summed E-state index contributed by atoms with van der Waals surface area (Å²) in [6.07, 6.45) is 0.880. The molecule has 0 radical (unpaired) electrons. The van der Waals surface area contributed by atoms with E-state index in [-0.39, 0.29) is 6.04 Å². The molecule has 0 saturated carbocycles. The molecule has 0 aromatic heterocycles. The summed E-state index contributed by atoms with van der Waals surface area (Å²) in [6.45, 7) is 2.11. The van der Waals surface area contributed by atoms with E-state index >= 15 is 0 Å². The second-order valence-corrected chi connectivity index (χ2v) is 4.80. The second kappa shape index (κ2) is 5.78. The molecule has 2 rings (SSSR count). The maximum atomic E-state index is 9.23. The minimum atomic E-state index is 0.273. The van der Waals surface area contributed by atoms with Crippen molar-refractivity contribution < 1.29 is 5.11 Å². The predicted molar refractivity (Wildman–Crippen MR) is 76.3 cm³/mol. The Morgan fingerprint density at radius 3 is 2.44 bits per heavy atom. The molecule has 2 nitrogen and oxygen atoms in total. The van der Waals surface area contributed by atoms with Gasteiger partial charge in [0.05, 0.1) is 10.7 Å². The Morgan fingerprint density at radius 1 is 1.11 bits per heavy atom. The third-order valence-electron chi connectivity index (χ3n) is 2.75. The summed E-state index contributed by atoms with van der Waals surface area (Å²) in [6, 6.07) is 15.3. The number of nitrogens with one attached hydrogen (secondary N) is 1. The van der Waals surface area contributed by atoms with Gasteiger partial charge >= 0.3 is 0 Å². The van der Waals surface area contributed by atoms with Crippen LogP contribution in [0.4, 0.5) is 5.69 Å². The first-order chi connectivity index (χ1) is 8.65. The van der Waals surface area contributed by atoms with Crippen LogP contribution in [0.3, 0.4) is 0 Å². The summed E-state index contributed by atoms with van der Waals surface area (Å²) < 4.78 is 0. The van der Waals surface area contributed by atoms with Gasteiger partial charge < -0.3 is 10.4 Å². The lowest BCUT2D eigenvalue weighted by Gasteiger charge is -2.16. The Kier molecular flexibility index (Phi) is 4.11. The lowest BCUT2D eigenvalue weighted by Crippen LogP contribution is -2.18. The molecule has 3 heteroatoms. The van der Waals surface area contributed by atoms with Crippen LogP contribution in [-0.4, -0.2) is 11.1 Å². The van der Waals surface area contributed by atoms with Crippen molar-refractivity contribution in [1.29, 1.82) is 0 Å². The molecular weight excluding hydrogens is 246 g/mol. The van der Waals surface area contributed by atoms with E-state index in [4.69, 9.17) is 11.6 Å². The van der Waals surface area contributed by atoms with Gasteiger partial charge in [-0.25, -0.2) is 0 Å². The maximum absolute atomic E-state index is 9.23. The van der Waals surface area contributed by atoms with Gasteiger partial charge in [-0.15, -0.1) is 0 Å². The summed E-state index contributed by atoms with van der Waals surface area (Å²) in [5.74, 6) is 0.297. The number of halogens is 1. The number of anilines is 1. The summed E-state index contributed by atoms with van der Waals surface area (Å²) in [4.78, 5) is 0. The number of phenols is 1. The largest absolute Gasteiger partial charge is 0.508 e. The predicted octanol–water partition coefficient (Wildman–Crippen LogP) is 4.09. The third-order valence-corrected chi connectivity index (χ3v) is 3.08. The van der Waals surface area contributed by atoms with Crippen molar-refractivity contribution in [2.45, 2.75) is 19.4 Å². The van der Waals surface area contributed by atoms with Crippen LogP contribution in [-0.2, 0) is 6.42 Å². The van der Waals surface area contributed by atoms with Gasteiger partial charge in [0.15, 0.2) is 0 Å².